The summed E-state index contributed by atoms with van der Waals surface area (Å²) in [6.07, 6.45) is 8.56. The highest BCUT2D eigenvalue weighted by Crippen LogP contribution is 2.19. The Kier molecular flexibility index (Phi) is 7.85. The number of rotatable bonds is 4. The van der Waals surface area contributed by atoms with Crippen molar-refractivity contribution in [2.24, 2.45) is 11.7 Å². The summed E-state index contributed by atoms with van der Waals surface area (Å²) in [6.45, 7) is 4.66. The number of nitrogens with zero attached hydrogens (tertiary/aromatic N) is 1. The van der Waals surface area contributed by atoms with E-state index in [0.29, 0.717) is 18.5 Å². The average molecular weight is 304 g/mol. The lowest BCUT2D eigenvalue weighted by Crippen LogP contribution is -2.48. The van der Waals surface area contributed by atoms with Crippen LogP contribution in [0, 0.1) is 5.92 Å². The van der Waals surface area contributed by atoms with Gasteiger partial charge in [-0.15, -0.1) is 12.4 Å². The number of carbonyl (C=O) groups excluding carboxylic acids is 1. The molecule has 1 amide bonds. The van der Waals surface area contributed by atoms with Gasteiger partial charge in [0.1, 0.15) is 0 Å². The van der Waals surface area contributed by atoms with Crippen molar-refractivity contribution < 1.29 is 4.79 Å². The average Bonchev–Trinajstić information content (AvgIpc) is 2.40. The summed E-state index contributed by atoms with van der Waals surface area (Å²) in [7, 11) is 0. The van der Waals surface area contributed by atoms with Gasteiger partial charge in [0.05, 0.1) is 6.54 Å². The topological polar surface area (TPSA) is 58.4 Å². The molecule has 118 valence electrons. The number of nitrogens with one attached hydrogen (secondary N) is 1. The van der Waals surface area contributed by atoms with Crippen LogP contribution in [0.1, 0.15) is 51.9 Å². The molecule has 3 N–H and O–H groups in total. The molecule has 2 rings (SSSR count). The fourth-order valence-electron chi connectivity index (χ4n) is 3.39. The van der Waals surface area contributed by atoms with E-state index in [4.69, 9.17) is 5.73 Å². The Bertz CT molecular complexity index is 293. The molecule has 1 aliphatic carbocycles. The van der Waals surface area contributed by atoms with Gasteiger partial charge in [0.15, 0.2) is 0 Å². The lowest BCUT2D eigenvalue weighted by molar-refractivity contribution is -0.123. The summed E-state index contributed by atoms with van der Waals surface area (Å²) in [5.74, 6) is 0.758. The highest BCUT2D eigenvalue weighted by Gasteiger charge is 2.24. The fourth-order valence-corrected chi connectivity index (χ4v) is 3.39. The summed E-state index contributed by atoms with van der Waals surface area (Å²) in [5.41, 5.74) is 5.98. The van der Waals surface area contributed by atoms with Gasteiger partial charge in [0.2, 0.25) is 5.91 Å². The number of likely N-dealkylation sites (tertiary alicyclic amines) is 1. The maximum atomic E-state index is 12.1. The Morgan fingerprint density at radius 2 is 1.95 bits per heavy atom. The SMILES string of the molecule is CC(N)C1CCCN(CC(=O)NC2CCCCC2)C1.Cl. The predicted molar refractivity (Wildman–Crippen MR) is 85.1 cm³/mol. The Hall–Kier alpha value is -0.320. The Labute approximate surface area is 129 Å². The third kappa shape index (κ3) is 5.58. The Morgan fingerprint density at radius 1 is 1.25 bits per heavy atom. The molecule has 2 unspecified atom stereocenters. The van der Waals surface area contributed by atoms with Crippen LogP contribution in [0.3, 0.4) is 0 Å². The summed E-state index contributed by atoms with van der Waals surface area (Å²) in [5, 5.41) is 3.20. The molecule has 0 aromatic heterocycles. The van der Waals surface area contributed by atoms with Gasteiger partial charge in [-0.05, 0) is 45.1 Å². The van der Waals surface area contributed by atoms with Gasteiger partial charge in [0.25, 0.3) is 0 Å². The first-order valence-electron chi connectivity index (χ1n) is 7.92. The van der Waals surface area contributed by atoms with Gasteiger partial charge in [-0.3, -0.25) is 9.69 Å². The molecule has 1 aliphatic heterocycles. The van der Waals surface area contributed by atoms with E-state index in [1.807, 2.05) is 0 Å². The molecule has 0 aromatic carbocycles. The molecule has 4 nitrogen and oxygen atoms in total. The molecule has 0 bridgehead atoms. The van der Waals surface area contributed by atoms with Crippen molar-refractivity contribution in [2.75, 3.05) is 19.6 Å². The van der Waals surface area contributed by atoms with Gasteiger partial charge >= 0.3 is 0 Å². The highest BCUT2D eigenvalue weighted by molar-refractivity contribution is 5.85. The molecule has 0 spiro atoms. The summed E-state index contributed by atoms with van der Waals surface area (Å²) >= 11 is 0. The van der Waals surface area contributed by atoms with Crippen LogP contribution in [0.15, 0.2) is 0 Å². The lowest BCUT2D eigenvalue weighted by Gasteiger charge is -2.34. The molecule has 2 atom stereocenters. The number of hydrogen-bond donors (Lipinski definition) is 2. The maximum Gasteiger partial charge on any atom is 0.234 e. The van der Waals surface area contributed by atoms with Crippen molar-refractivity contribution in [3.05, 3.63) is 0 Å². The molecule has 0 radical (unpaired) electrons. The van der Waals surface area contributed by atoms with E-state index in [0.717, 1.165) is 25.9 Å². The smallest absolute Gasteiger partial charge is 0.234 e. The molecular formula is C15H30ClN3O. The lowest BCUT2D eigenvalue weighted by atomic mass is 9.92. The van der Waals surface area contributed by atoms with E-state index in [-0.39, 0.29) is 24.4 Å². The minimum absolute atomic E-state index is 0. The summed E-state index contributed by atoms with van der Waals surface area (Å²) in [6, 6.07) is 0.666. The van der Waals surface area contributed by atoms with Crippen molar-refractivity contribution in [3.8, 4) is 0 Å². The zero-order valence-electron chi connectivity index (χ0n) is 12.6. The zero-order valence-corrected chi connectivity index (χ0v) is 13.5. The molecule has 5 heteroatoms. The van der Waals surface area contributed by atoms with Crippen LogP contribution in [-0.2, 0) is 4.79 Å². The van der Waals surface area contributed by atoms with Gasteiger partial charge in [-0.1, -0.05) is 19.3 Å². The Morgan fingerprint density at radius 3 is 2.60 bits per heavy atom. The van der Waals surface area contributed by atoms with Crippen molar-refractivity contribution >= 4 is 18.3 Å². The second-order valence-corrected chi connectivity index (χ2v) is 6.40. The minimum atomic E-state index is 0. The van der Waals surface area contributed by atoms with Crippen molar-refractivity contribution in [2.45, 2.75) is 64.0 Å². The molecule has 20 heavy (non-hydrogen) atoms. The molecule has 2 fully saturated rings. The fraction of sp³-hybridized carbons (Fsp3) is 0.933. The number of hydrogen-bond acceptors (Lipinski definition) is 3. The molecule has 1 saturated carbocycles. The molecule has 2 aliphatic rings. The van der Waals surface area contributed by atoms with Crippen molar-refractivity contribution in [1.82, 2.24) is 10.2 Å². The van der Waals surface area contributed by atoms with Gasteiger partial charge < -0.3 is 11.1 Å². The summed E-state index contributed by atoms with van der Waals surface area (Å²) in [4.78, 5) is 14.3. The molecule has 0 aromatic rings. The highest BCUT2D eigenvalue weighted by atomic mass is 35.5. The van der Waals surface area contributed by atoms with Crippen LogP contribution < -0.4 is 11.1 Å². The first-order chi connectivity index (χ1) is 9.15. The van der Waals surface area contributed by atoms with Crippen LogP contribution in [-0.4, -0.2) is 42.5 Å². The van der Waals surface area contributed by atoms with Gasteiger partial charge in [0, 0.05) is 18.6 Å². The number of carbonyl (C=O) groups is 1. The third-order valence-corrected chi connectivity index (χ3v) is 4.62. The van der Waals surface area contributed by atoms with E-state index in [1.54, 1.807) is 0 Å². The van der Waals surface area contributed by atoms with E-state index in [9.17, 15) is 4.79 Å². The van der Waals surface area contributed by atoms with Crippen LogP contribution in [0.2, 0.25) is 0 Å². The van der Waals surface area contributed by atoms with Gasteiger partial charge in [-0.25, -0.2) is 0 Å². The number of halogens is 1. The Balaban J connectivity index is 0.00000200. The maximum absolute atomic E-state index is 12.1. The first kappa shape index (κ1) is 17.7. The van der Waals surface area contributed by atoms with E-state index < -0.39 is 0 Å². The quantitative estimate of drug-likeness (QED) is 0.834. The number of piperidine rings is 1. The minimum Gasteiger partial charge on any atom is -0.352 e. The summed E-state index contributed by atoms with van der Waals surface area (Å²) < 4.78 is 0. The second-order valence-electron chi connectivity index (χ2n) is 6.40. The van der Waals surface area contributed by atoms with Crippen LogP contribution in [0.4, 0.5) is 0 Å². The largest absolute Gasteiger partial charge is 0.352 e. The van der Waals surface area contributed by atoms with E-state index in [1.165, 1.54) is 32.1 Å². The molecule has 1 heterocycles. The van der Waals surface area contributed by atoms with Crippen molar-refractivity contribution in [3.63, 3.8) is 0 Å². The number of nitrogens with two attached hydrogens (primary N) is 1. The molecular weight excluding hydrogens is 274 g/mol. The second kappa shape index (κ2) is 8.85. The standard InChI is InChI=1S/C15H29N3O.ClH/c1-12(16)13-6-5-9-18(10-13)11-15(19)17-14-7-3-2-4-8-14;/h12-14H,2-11,16H2,1H3,(H,17,19);1H. The van der Waals surface area contributed by atoms with Crippen LogP contribution in [0.5, 0.6) is 0 Å². The normalized spacial score (nSPS) is 26.6. The third-order valence-electron chi connectivity index (χ3n) is 4.62. The van der Waals surface area contributed by atoms with Gasteiger partial charge in [-0.2, -0.15) is 0 Å². The van der Waals surface area contributed by atoms with Crippen LogP contribution in [0.25, 0.3) is 0 Å². The van der Waals surface area contributed by atoms with E-state index >= 15 is 0 Å². The molecule has 1 saturated heterocycles. The zero-order chi connectivity index (χ0) is 13.7. The number of amides is 1. The van der Waals surface area contributed by atoms with Crippen molar-refractivity contribution in [1.29, 1.82) is 0 Å². The van der Waals surface area contributed by atoms with E-state index in [2.05, 4.69) is 17.1 Å². The predicted octanol–water partition coefficient (Wildman–Crippen LogP) is 1.92. The van der Waals surface area contributed by atoms with Crippen LogP contribution >= 0.6 is 12.4 Å². The first-order valence-corrected chi connectivity index (χ1v) is 7.92. The monoisotopic (exact) mass is 303 g/mol.